The average molecular weight is 351 g/mol. The fourth-order valence-electron chi connectivity index (χ4n) is 3.40. The number of thiocarbonyl (C=S) groups is 1. The van der Waals surface area contributed by atoms with Crippen LogP contribution in [0, 0.1) is 17.7 Å². The number of sulfonamides is 1. The molecule has 1 unspecified atom stereocenters. The van der Waals surface area contributed by atoms with Crippen LogP contribution >= 0.6 is 12.2 Å². The van der Waals surface area contributed by atoms with Crippen LogP contribution < -0.4 is 5.14 Å². The number of allylic oxidation sites excluding steroid dienone is 4. The molecule has 0 amide bonds. The summed E-state index contributed by atoms with van der Waals surface area (Å²) in [6.07, 6.45) is 10.9. The fraction of sp³-hybridized carbons (Fsp3) is 0.353. The van der Waals surface area contributed by atoms with E-state index in [-0.39, 0.29) is 5.92 Å². The van der Waals surface area contributed by atoms with Crippen molar-refractivity contribution in [1.29, 1.82) is 0 Å². The van der Waals surface area contributed by atoms with Crippen LogP contribution in [0.4, 0.5) is 4.39 Å². The Morgan fingerprint density at radius 2 is 1.91 bits per heavy atom. The quantitative estimate of drug-likeness (QED) is 0.847. The summed E-state index contributed by atoms with van der Waals surface area (Å²) in [5.74, 6) is 0.0472. The molecule has 0 spiro atoms. The Kier molecular flexibility index (Phi) is 4.49. The molecule has 2 N–H and O–H groups in total. The predicted octanol–water partition coefficient (Wildman–Crippen LogP) is 3.60. The van der Waals surface area contributed by atoms with Gasteiger partial charge in [-0.15, -0.1) is 0 Å². The minimum atomic E-state index is -4.05. The highest BCUT2D eigenvalue weighted by atomic mass is 32.2. The predicted molar refractivity (Wildman–Crippen MR) is 92.9 cm³/mol. The number of rotatable bonds is 3. The molecule has 3 rings (SSSR count). The number of primary sulfonamides is 1. The Morgan fingerprint density at radius 3 is 2.48 bits per heavy atom. The molecule has 23 heavy (non-hydrogen) atoms. The lowest BCUT2D eigenvalue weighted by Gasteiger charge is -2.23. The van der Waals surface area contributed by atoms with E-state index in [1.165, 1.54) is 37.8 Å². The van der Waals surface area contributed by atoms with Crippen LogP contribution in [-0.4, -0.2) is 13.3 Å². The summed E-state index contributed by atoms with van der Waals surface area (Å²) in [5, 5.41) is 4.98. The van der Waals surface area contributed by atoms with Gasteiger partial charge in [0.15, 0.2) is 0 Å². The molecule has 1 aromatic carbocycles. The number of benzene rings is 1. The second-order valence-electron chi connectivity index (χ2n) is 6.12. The van der Waals surface area contributed by atoms with E-state index >= 15 is 0 Å². The zero-order valence-corrected chi connectivity index (χ0v) is 14.2. The van der Waals surface area contributed by atoms with E-state index in [1.54, 1.807) is 6.07 Å². The van der Waals surface area contributed by atoms with Crippen molar-refractivity contribution in [2.75, 3.05) is 0 Å². The zero-order chi connectivity index (χ0) is 16.6. The Morgan fingerprint density at radius 1 is 1.22 bits per heavy atom. The van der Waals surface area contributed by atoms with Crippen LogP contribution in [0.3, 0.4) is 0 Å². The van der Waals surface area contributed by atoms with Gasteiger partial charge in [0.05, 0.1) is 0 Å². The molecule has 1 saturated carbocycles. The maximum Gasteiger partial charge on any atom is 0.240 e. The van der Waals surface area contributed by atoms with Crippen LogP contribution in [0.2, 0.25) is 0 Å². The SMILES string of the molecule is NS(=O)(=O)c1ccc(C2=CC(=S)C(C3CCCC3)C=C2)cc1F. The van der Waals surface area contributed by atoms with Crippen LogP contribution in [0.1, 0.15) is 31.2 Å². The number of nitrogens with two attached hydrogens (primary N) is 1. The number of halogens is 1. The standard InChI is InChI=1S/C17H18FNO2S2/c18-15-9-12(6-8-17(15)23(19,20)21)13-5-7-14(16(22)10-13)11-3-1-2-4-11/h5-11,14H,1-4H2,(H2,19,20,21). The number of hydrogen-bond donors (Lipinski definition) is 1. The normalized spacial score (nSPS) is 22.4. The third-order valence-electron chi connectivity index (χ3n) is 4.59. The van der Waals surface area contributed by atoms with Crippen LogP contribution in [-0.2, 0) is 10.0 Å². The highest BCUT2D eigenvalue weighted by molar-refractivity contribution is 7.89. The van der Waals surface area contributed by atoms with E-state index in [9.17, 15) is 12.8 Å². The number of hydrogen-bond acceptors (Lipinski definition) is 3. The van der Waals surface area contributed by atoms with Crippen molar-refractivity contribution in [3.05, 3.63) is 47.8 Å². The third-order valence-corrected chi connectivity index (χ3v) is 5.92. The average Bonchev–Trinajstić information content (AvgIpc) is 2.99. The monoisotopic (exact) mass is 351 g/mol. The molecule has 0 aromatic heterocycles. The smallest absolute Gasteiger partial charge is 0.225 e. The second-order valence-corrected chi connectivity index (χ2v) is 8.12. The summed E-state index contributed by atoms with van der Waals surface area (Å²) in [6, 6.07) is 3.94. The molecule has 1 atom stereocenters. The Balaban J connectivity index is 1.86. The summed E-state index contributed by atoms with van der Waals surface area (Å²) in [5.41, 5.74) is 1.39. The first kappa shape index (κ1) is 16.5. The van der Waals surface area contributed by atoms with E-state index in [4.69, 9.17) is 17.4 Å². The van der Waals surface area contributed by atoms with E-state index in [0.29, 0.717) is 11.5 Å². The molecule has 0 bridgehead atoms. The Labute approximate surface area is 141 Å². The molecule has 6 heteroatoms. The van der Waals surface area contributed by atoms with Gasteiger partial charge in [-0.1, -0.05) is 43.3 Å². The molecule has 1 aromatic rings. The lowest BCUT2D eigenvalue weighted by molar-refractivity contribution is 0.495. The maximum atomic E-state index is 14.0. The van der Waals surface area contributed by atoms with Gasteiger partial charge in [0.1, 0.15) is 10.7 Å². The van der Waals surface area contributed by atoms with E-state index in [0.717, 1.165) is 10.4 Å². The zero-order valence-electron chi connectivity index (χ0n) is 12.5. The molecule has 2 aliphatic rings. The maximum absolute atomic E-state index is 14.0. The van der Waals surface area contributed by atoms with Crippen molar-refractivity contribution < 1.29 is 12.8 Å². The first-order valence-corrected chi connectivity index (χ1v) is 9.58. The van der Waals surface area contributed by atoms with Crippen LogP contribution in [0.25, 0.3) is 5.57 Å². The van der Waals surface area contributed by atoms with Crippen molar-refractivity contribution in [1.82, 2.24) is 0 Å². The van der Waals surface area contributed by atoms with Crippen molar-refractivity contribution in [2.24, 2.45) is 17.0 Å². The van der Waals surface area contributed by atoms with Crippen molar-refractivity contribution in [2.45, 2.75) is 30.6 Å². The van der Waals surface area contributed by atoms with Crippen molar-refractivity contribution >= 4 is 32.7 Å². The van der Waals surface area contributed by atoms with E-state index in [1.807, 2.05) is 12.2 Å². The van der Waals surface area contributed by atoms with E-state index < -0.39 is 20.7 Å². The summed E-state index contributed by atoms with van der Waals surface area (Å²) >= 11 is 5.52. The molecule has 2 aliphatic carbocycles. The summed E-state index contributed by atoms with van der Waals surface area (Å²) in [6.45, 7) is 0. The minimum Gasteiger partial charge on any atom is -0.225 e. The summed E-state index contributed by atoms with van der Waals surface area (Å²) in [7, 11) is -4.05. The first-order valence-electron chi connectivity index (χ1n) is 7.63. The van der Waals surface area contributed by atoms with E-state index in [2.05, 4.69) is 6.08 Å². The lowest BCUT2D eigenvalue weighted by Crippen LogP contribution is -2.19. The van der Waals surface area contributed by atoms with Gasteiger partial charge < -0.3 is 0 Å². The fourth-order valence-corrected chi connectivity index (χ4v) is 4.38. The van der Waals surface area contributed by atoms with Gasteiger partial charge in [0, 0.05) is 10.8 Å². The van der Waals surface area contributed by atoms with Gasteiger partial charge in [-0.25, -0.2) is 17.9 Å². The van der Waals surface area contributed by atoms with Gasteiger partial charge in [-0.05, 0) is 48.1 Å². The van der Waals surface area contributed by atoms with Crippen LogP contribution in [0.15, 0.2) is 41.3 Å². The molecular formula is C17H18FNO2S2. The van der Waals surface area contributed by atoms with Gasteiger partial charge in [-0.2, -0.15) is 0 Å². The molecule has 122 valence electrons. The third kappa shape index (κ3) is 3.44. The lowest BCUT2D eigenvalue weighted by atomic mass is 9.83. The second kappa shape index (κ2) is 6.26. The largest absolute Gasteiger partial charge is 0.240 e. The highest BCUT2D eigenvalue weighted by Gasteiger charge is 2.27. The molecule has 0 radical (unpaired) electrons. The Bertz CT molecular complexity index is 806. The van der Waals surface area contributed by atoms with Crippen molar-refractivity contribution in [3.8, 4) is 0 Å². The van der Waals surface area contributed by atoms with Gasteiger partial charge >= 0.3 is 0 Å². The van der Waals surface area contributed by atoms with Crippen LogP contribution in [0.5, 0.6) is 0 Å². The summed E-state index contributed by atoms with van der Waals surface area (Å²) in [4.78, 5) is 0.373. The Hall–Kier alpha value is -1.37. The van der Waals surface area contributed by atoms with Gasteiger partial charge in [0.25, 0.3) is 0 Å². The highest BCUT2D eigenvalue weighted by Crippen LogP contribution is 2.36. The molecule has 1 fully saturated rings. The molecule has 0 heterocycles. The first-order chi connectivity index (χ1) is 10.9. The minimum absolute atomic E-state index is 0.282. The summed E-state index contributed by atoms with van der Waals surface area (Å²) < 4.78 is 36.5. The van der Waals surface area contributed by atoms with Crippen molar-refractivity contribution in [3.63, 3.8) is 0 Å². The molecule has 0 saturated heterocycles. The van der Waals surface area contributed by atoms with Gasteiger partial charge in [-0.3, -0.25) is 0 Å². The molecule has 3 nitrogen and oxygen atoms in total. The van der Waals surface area contributed by atoms with Gasteiger partial charge in [0.2, 0.25) is 10.0 Å². The molecular weight excluding hydrogens is 333 g/mol. The topological polar surface area (TPSA) is 60.2 Å². The molecule has 0 aliphatic heterocycles.